The van der Waals surface area contributed by atoms with Gasteiger partial charge >= 0.3 is 5.97 Å². The quantitative estimate of drug-likeness (QED) is 0.295. The van der Waals surface area contributed by atoms with Gasteiger partial charge in [-0.05, 0) is 31.4 Å². The van der Waals surface area contributed by atoms with E-state index in [1.54, 1.807) is 17.0 Å². The minimum atomic E-state index is -0.102. The van der Waals surface area contributed by atoms with Gasteiger partial charge in [-0.3, -0.25) is 9.59 Å². The van der Waals surface area contributed by atoms with Gasteiger partial charge in [-0.1, -0.05) is 82.0 Å². The van der Waals surface area contributed by atoms with Gasteiger partial charge in [-0.15, -0.1) is 0 Å². The molecule has 1 aliphatic heterocycles. The Bertz CT molecular complexity index is 626. The molecular formula is C24H36ClNO3. The molecule has 1 aliphatic rings. The Hall–Kier alpha value is -1.55. The van der Waals surface area contributed by atoms with Gasteiger partial charge in [0.25, 0.3) is 5.91 Å². The van der Waals surface area contributed by atoms with Crippen LogP contribution in [0.25, 0.3) is 0 Å². The maximum Gasteiger partial charge on any atom is 0.309 e. The summed E-state index contributed by atoms with van der Waals surface area (Å²) in [5, 5.41) is 0.472. The third kappa shape index (κ3) is 8.38. The monoisotopic (exact) mass is 421 g/mol. The molecule has 0 unspecified atom stereocenters. The number of hydrogen-bond donors (Lipinski definition) is 0. The molecule has 162 valence electrons. The van der Waals surface area contributed by atoms with E-state index < -0.39 is 0 Å². The Labute approximate surface area is 180 Å². The number of benzene rings is 1. The van der Waals surface area contributed by atoms with Gasteiger partial charge in [0.2, 0.25) is 0 Å². The van der Waals surface area contributed by atoms with Crippen LogP contribution in [0.1, 0.15) is 87.9 Å². The summed E-state index contributed by atoms with van der Waals surface area (Å²) in [4.78, 5) is 26.7. The highest BCUT2D eigenvalue weighted by Crippen LogP contribution is 2.23. The minimum absolute atomic E-state index is 0.0582. The first-order chi connectivity index (χ1) is 14.1. The van der Waals surface area contributed by atoms with E-state index in [0.29, 0.717) is 43.1 Å². The molecule has 1 fully saturated rings. The van der Waals surface area contributed by atoms with Crippen molar-refractivity contribution in [2.45, 2.75) is 77.6 Å². The van der Waals surface area contributed by atoms with Crippen LogP contribution in [0.4, 0.5) is 0 Å². The number of likely N-dealkylation sites (tertiary alicyclic amines) is 1. The van der Waals surface area contributed by atoms with Crippen molar-refractivity contribution in [3.8, 4) is 0 Å². The van der Waals surface area contributed by atoms with E-state index in [-0.39, 0.29) is 17.8 Å². The first kappa shape index (κ1) is 23.7. The van der Waals surface area contributed by atoms with E-state index in [2.05, 4.69) is 6.92 Å². The molecule has 0 aromatic heterocycles. The van der Waals surface area contributed by atoms with Crippen LogP contribution in [-0.4, -0.2) is 36.5 Å². The Morgan fingerprint density at radius 3 is 2.17 bits per heavy atom. The maximum atomic E-state index is 12.6. The highest BCUT2D eigenvalue weighted by Gasteiger charge is 2.29. The molecule has 1 amide bonds. The topological polar surface area (TPSA) is 46.6 Å². The second-order valence-corrected chi connectivity index (χ2v) is 8.45. The fourth-order valence-electron chi connectivity index (χ4n) is 3.83. The summed E-state index contributed by atoms with van der Waals surface area (Å²) in [7, 11) is 0. The van der Waals surface area contributed by atoms with Crippen LogP contribution in [0.3, 0.4) is 0 Å². The smallest absolute Gasteiger partial charge is 0.309 e. The second kappa shape index (κ2) is 13.6. The van der Waals surface area contributed by atoms with Crippen LogP contribution in [-0.2, 0) is 9.53 Å². The second-order valence-electron chi connectivity index (χ2n) is 8.04. The molecule has 0 N–H and O–H groups in total. The van der Waals surface area contributed by atoms with Crippen LogP contribution >= 0.6 is 11.6 Å². The molecule has 0 aliphatic carbocycles. The van der Waals surface area contributed by atoms with Crippen molar-refractivity contribution in [3.63, 3.8) is 0 Å². The normalized spacial score (nSPS) is 14.8. The first-order valence-corrected chi connectivity index (χ1v) is 11.7. The Balaban J connectivity index is 1.56. The molecule has 0 radical (unpaired) electrons. The number of carbonyl (C=O) groups excluding carboxylic acids is 2. The number of piperidine rings is 1. The van der Waals surface area contributed by atoms with Gasteiger partial charge in [0.15, 0.2) is 0 Å². The third-order valence-electron chi connectivity index (χ3n) is 5.71. The van der Waals surface area contributed by atoms with Gasteiger partial charge in [0, 0.05) is 13.1 Å². The first-order valence-electron chi connectivity index (χ1n) is 11.3. The summed E-state index contributed by atoms with van der Waals surface area (Å²) in [6, 6.07) is 7.10. The number of halogens is 1. The number of nitrogens with zero attached hydrogens (tertiary/aromatic N) is 1. The summed E-state index contributed by atoms with van der Waals surface area (Å²) in [5.74, 6) is -0.254. The summed E-state index contributed by atoms with van der Waals surface area (Å²) < 4.78 is 5.48. The van der Waals surface area contributed by atoms with Crippen LogP contribution < -0.4 is 0 Å². The zero-order valence-electron chi connectivity index (χ0n) is 17.8. The number of carbonyl (C=O) groups is 2. The van der Waals surface area contributed by atoms with E-state index >= 15 is 0 Å². The van der Waals surface area contributed by atoms with Gasteiger partial charge < -0.3 is 9.64 Å². The number of amides is 1. The molecule has 2 rings (SSSR count). The highest BCUT2D eigenvalue weighted by molar-refractivity contribution is 6.33. The fourth-order valence-corrected chi connectivity index (χ4v) is 4.04. The van der Waals surface area contributed by atoms with Gasteiger partial charge in [0.1, 0.15) is 0 Å². The molecule has 1 heterocycles. The van der Waals surface area contributed by atoms with Gasteiger partial charge in [-0.2, -0.15) is 0 Å². The number of ether oxygens (including phenoxy) is 1. The molecule has 1 saturated heterocycles. The molecule has 4 nitrogen and oxygen atoms in total. The molecule has 0 spiro atoms. The van der Waals surface area contributed by atoms with Crippen LogP contribution in [0.2, 0.25) is 5.02 Å². The molecule has 0 atom stereocenters. The minimum Gasteiger partial charge on any atom is -0.465 e. The predicted octanol–water partition coefficient (Wildman–Crippen LogP) is 6.27. The van der Waals surface area contributed by atoms with Gasteiger partial charge in [-0.25, -0.2) is 0 Å². The fraction of sp³-hybridized carbons (Fsp3) is 0.667. The average molecular weight is 422 g/mol. The lowest BCUT2D eigenvalue weighted by atomic mass is 9.96. The standard InChI is InChI=1S/C24H36ClNO3/c1-2-3-4-5-6-7-8-9-12-19-29-24(28)20-15-17-26(18-16-20)23(27)21-13-10-11-14-22(21)25/h10-11,13-14,20H,2-9,12,15-19H2,1H3. The summed E-state index contributed by atoms with van der Waals surface area (Å²) in [5.41, 5.74) is 0.528. The maximum absolute atomic E-state index is 12.6. The van der Waals surface area contributed by atoms with Crippen LogP contribution in [0.5, 0.6) is 0 Å². The van der Waals surface area contributed by atoms with Crippen LogP contribution in [0, 0.1) is 5.92 Å². The zero-order chi connectivity index (χ0) is 20.9. The van der Waals surface area contributed by atoms with Crippen molar-refractivity contribution in [1.29, 1.82) is 0 Å². The molecular weight excluding hydrogens is 386 g/mol. The largest absolute Gasteiger partial charge is 0.465 e. The van der Waals surface area contributed by atoms with Crippen molar-refractivity contribution in [3.05, 3.63) is 34.9 Å². The molecule has 0 saturated carbocycles. The number of esters is 1. The van der Waals surface area contributed by atoms with E-state index in [9.17, 15) is 9.59 Å². The summed E-state index contributed by atoms with van der Waals surface area (Å²) in [6.07, 6.45) is 12.6. The van der Waals surface area contributed by atoms with Crippen molar-refractivity contribution in [2.75, 3.05) is 19.7 Å². The predicted molar refractivity (Wildman–Crippen MR) is 118 cm³/mol. The lowest BCUT2D eigenvalue weighted by Crippen LogP contribution is -2.40. The van der Waals surface area contributed by atoms with E-state index in [4.69, 9.17) is 16.3 Å². The van der Waals surface area contributed by atoms with Crippen molar-refractivity contribution < 1.29 is 14.3 Å². The number of rotatable bonds is 12. The zero-order valence-corrected chi connectivity index (χ0v) is 18.6. The Kier molecular flexibility index (Phi) is 11.2. The van der Waals surface area contributed by atoms with E-state index in [1.165, 1.54) is 44.9 Å². The van der Waals surface area contributed by atoms with Crippen molar-refractivity contribution >= 4 is 23.5 Å². The van der Waals surface area contributed by atoms with E-state index in [0.717, 1.165) is 12.8 Å². The number of unbranched alkanes of at least 4 members (excludes halogenated alkanes) is 8. The molecule has 0 bridgehead atoms. The lowest BCUT2D eigenvalue weighted by Gasteiger charge is -2.31. The van der Waals surface area contributed by atoms with Crippen LogP contribution in [0.15, 0.2) is 24.3 Å². The summed E-state index contributed by atoms with van der Waals surface area (Å²) in [6.45, 7) is 3.90. The van der Waals surface area contributed by atoms with Gasteiger partial charge in [0.05, 0.1) is 23.1 Å². The number of hydrogen-bond acceptors (Lipinski definition) is 3. The lowest BCUT2D eigenvalue weighted by molar-refractivity contribution is -0.150. The Morgan fingerprint density at radius 2 is 1.55 bits per heavy atom. The molecule has 1 aromatic carbocycles. The molecule has 1 aromatic rings. The van der Waals surface area contributed by atoms with Crippen molar-refractivity contribution in [1.82, 2.24) is 4.90 Å². The molecule has 29 heavy (non-hydrogen) atoms. The summed E-state index contributed by atoms with van der Waals surface area (Å²) >= 11 is 6.13. The third-order valence-corrected chi connectivity index (χ3v) is 6.04. The Morgan fingerprint density at radius 1 is 0.966 bits per heavy atom. The average Bonchev–Trinajstić information content (AvgIpc) is 2.75. The van der Waals surface area contributed by atoms with Crippen molar-refractivity contribution in [2.24, 2.45) is 5.92 Å². The molecule has 5 heteroatoms. The SMILES string of the molecule is CCCCCCCCCCCOC(=O)C1CCN(C(=O)c2ccccc2Cl)CC1. The van der Waals surface area contributed by atoms with E-state index in [1.807, 2.05) is 12.1 Å². The highest BCUT2D eigenvalue weighted by atomic mass is 35.5.